The van der Waals surface area contributed by atoms with Gasteiger partial charge in [-0.3, -0.25) is 0 Å². The Balaban J connectivity index is 4.15. The van der Waals surface area contributed by atoms with E-state index in [1.165, 1.54) is 12.2 Å². The van der Waals surface area contributed by atoms with E-state index in [1.54, 1.807) is 6.92 Å². The van der Waals surface area contributed by atoms with Gasteiger partial charge in [0.1, 0.15) is 24.4 Å². The standard InChI is InChI=1S/C8H16O5/c1-2-3-5(10)7(12)8(13)6(11)4-9/h2-3,5-13H,4H2,1H3/b3-2+/t5-,6+,7+,8-/m0/s1. The molecule has 13 heavy (non-hydrogen) atoms. The third-order valence-corrected chi connectivity index (χ3v) is 1.67. The predicted molar refractivity (Wildman–Crippen MR) is 45.9 cm³/mol. The van der Waals surface area contributed by atoms with Gasteiger partial charge in [-0.2, -0.15) is 0 Å². The van der Waals surface area contributed by atoms with Crippen LogP contribution in [0.3, 0.4) is 0 Å². The summed E-state index contributed by atoms with van der Waals surface area (Å²) in [6.45, 7) is 0.978. The van der Waals surface area contributed by atoms with Crippen molar-refractivity contribution in [3.05, 3.63) is 12.2 Å². The lowest BCUT2D eigenvalue weighted by atomic mass is 10.0. The van der Waals surface area contributed by atoms with E-state index in [4.69, 9.17) is 20.4 Å². The summed E-state index contributed by atoms with van der Waals surface area (Å²) in [6, 6.07) is 0. The summed E-state index contributed by atoms with van der Waals surface area (Å²) in [5, 5.41) is 44.8. The molecule has 5 nitrogen and oxygen atoms in total. The molecular weight excluding hydrogens is 176 g/mol. The lowest BCUT2D eigenvalue weighted by Gasteiger charge is -2.23. The van der Waals surface area contributed by atoms with Crippen LogP contribution in [-0.4, -0.2) is 56.6 Å². The minimum absolute atomic E-state index is 0.666. The van der Waals surface area contributed by atoms with Crippen LogP contribution in [0.2, 0.25) is 0 Å². The van der Waals surface area contributed by atoms with E-state index in [1.807, 2.05) is 0 Å². The SMILES string of the molecule is C/C=C/[C@H](O)[C@@H](O)[C@@H](O)[C@H](O)CO. The minimum atomic E-state index is -1.56. The van der Waals surface area contributed by atoms with Crippen molar-refractivity contribution in [2.24, 2.45) is 0 Å². The van der Waals surface area contributed by atoms with Crippen LogP contribution >= 0.6 is 0 Å². The van der Waals surface area contributed by atoms with E-state index in [-0.39, 0.29) is 0 Å². The molecule has 0 saturated carbocycles. The fourth-order valence-corrected chi connectivity index (χ4v) is 0.849. The molecule has 0 amide bonds. The average Bonchev–Trinajstić information content (AvgIpc) is 2.14. The minimum Gasteiger partial charge on any atom is -0.394 e. The van der Waals surface area contributed by atoms with Crippen molar-refractivity contribution in [2.45, 2.75) is 31.3 Å². The first kappa shape index (κ1) is 12.5. The summed E-state index contributed by atoms with van der Waals surface area (Å²) in [4.78, 5) is 0. The van der Waals surface area contributed by atoms with Gasteiger partial charge in [0.15, 0.2) is 0 Å². The molecule has 5 heteroatoms. The smallest absolute Gasteiger partial charge is 0.112 e. The molecule has 0 bridgehead atoms. The van der Waals surface area contributed by atoms with Crippen LogP contribution in [0.5, 0.6) is 0 Å². The van der Waals surface area contributed by atoms with Gasteiger partial charge in [0.2, 0.25) is 0 Å². The number of hydrogen-bond acceptors (Lipinski definition) is 5. The molecule has 0 aliphatic rings. The zero-order chi connectivity index (χ0) is 10.4. The summed E-state index contributed by atoms with van der Waals surface area (Å²) in [5.41, 5.74) is 0. The van der Waals surface area contributed by atoms with Crippen LogP contribution in [-0.2, 0) is 0 Å². The van der Waals surface area contributed by atoms with Crippen LogP contribution in [0, 0.1) is 0 Å². The van der Waals surface area contributed by atoms with Crippen molar-refractivity contribution < 1.29 is 25.5 Å². The van der Waals surface area contributed by atoms with Gasteiger partial charge in [0.05, 0.1) is 6.61 Å². The molecule has 0 aromatic rings. The van der Waals surface area contributed by atoms with Crippen molar-refractivity contribution in [3.8, 4) is 0 Å². The van der Waals surface area contributed by atoms with Gasteiger partial charge in [0, 0.05) is 0 Å². The summed E-state index contributed by atoms with van der Waals surface area (Å²) < 4.78 is 0. The molecule has 0 saturated heterocycles. The number of rotatable bonds is 5. The predicted octanol–water partition coefficient (Wildman–Crippen LogP) is -2.00. The van der Waals surface area contributed by atoms with Gasteiger partial charge in [-0.05, 0) is 6.92 Å². The second-order valence-corrected chi connectivity index (χ2v) is 2.75. The van der Waals surface area contributed by atoms with Gasteiger partial charge >= 0.3 is 0 Å². The van der Waals surface area contributed by atoms with Crippen molar-refractivity contribution in [1.82, 2.24) is 0 Å². The van der Waals surface area contributed by atoms with Crippen LogP contribution < -0.4 is 0 Å². The highest BCUT2D eigenvalue weighted by Crippen LogP contribution is 2.05. The molecule has 0 aromatic heterocycles. The highest BCUT2D eigenvalue weighted by Gasteiger charge is 2.28. The molecule has 0 heterocycles. The molecule has 0 aliphatic heterocycles. The average molecular weight is 192 g/mol. The summed E-state index contributed by atoms with van der Waals surface area (Å²) in [5.74, 6) is 0. The second kappa shape index (κ2) is 6.06. The molecule has 0 aromatic carbocycles. The molecule has 0 aliphatic carbocycles. The van der Waals surface area contributed by atoms with Gasteiger partial charge in [-0.1, -0.05) is 12.2 Å². The van der Waals surface area contributed by atoms with Gasteiger partial charge < -0.3 is 25.5 Å². The summed E-state index contributed by atoms with van der Waals surface area (Å²) in [7, 11) is 0. The Labute approximate surface area is 76.6 Å². The van der Waals surface area contributed by atoms with Crippen molar-refractivity contribution >= 4 is 0 Å². The van der Waals surface area contributed by atoms with E-state index >= 15 is 0 Å². The Morgan fingerprint density at radius 3 is 2.00 bits per heavy atom. The monoisotopic (exact) mass is 192 g/mol. The maximum Gasteiger partial charge on any atom is 0.112 e. The summed E-state index contributed by atoms with van der Waals surface area (Å²) in [6.07, 6.45) is -2.98. The molecule has 0 rings (SSSR count). The number of allylic oxidation sites excluding steroid dienone is 1. The van der Waals surface area contributed by atoms with Crippen LogP contribution in [0.1, 0.15) is 6.92 Å². The first-order valence-corrected chi connectivity index (χ1v) is 4.00. The molecule has 5 N–H and O–H groups in total. The molecule has 0 spiro atoms. The molecule has 0 fully saturated rings. The van der Waals surface area contributed by atoms with Gasteiger partial charge in [-0.15, -0.1) is 0 Å². The molecule has 78 valence electrons. The Hall–Kier alpha value is -0.460. The molecule has 0 radical (unpaired) electrons. The largest absolute Gasteiger partial charge is 0.394 e. The zero-order valence-corrected chi connectivity index (χ0v) is 7.41. The molecule has 4 atom stereocenters. The fourth-order valence-electron chi connectivity index (χ4n) is 0.849. The maximum absolute atomic E-state index is 9.20. The Morgan fingerprint density at radius 2 is 1.62 bits per heavy atom. The van der Waals surface area contributed by atoms with E-state index in [0.29, 0.717) is 0 Å². The van der Waals surface area contributed by atoms with E-state index in [9.17, 15) is 5.11 Å². The van der Waals surface area contributed by atoms with Crippen molar-refractivity contribution in [3.63, 3.8) is 0 Å². The van der Waals surface area contributed by atoms with E-state index < -0.39 is 31.0 Å². The Morgan fingerprint density at radius 1 is 1.08 bits per heavy atom. The van der Waals surface area contributed by atoms with Crippen LogP contribution in [0.4, 0.5) is 0 Å². The molecular formula is C8H16O5. The van der Waals surface area contributed by atoms with E-state index in [0.717, 1.165) is 0 Å². The Bertz CT molecular complexity index is 159. The van der Waals surface area contributed by atoms with Gasteiger partial charge in [-0.25, -0.2) is 0 Å². The lowest BCUT2D eigenvalue weighted by Crippen LogP contribution is -2.45. The quantitative estimate of drug-likeness (QED) is 0.324. The number of aliphatic hydroxyl groups excluding tert-OH is 5. The summed E-state index contributed by atoms with van der Waals surface area (Å²) >= 11 is 0. The third kappa shape index (κ3) is 3.84. The number of aliphatic hydroxyl groups is 5. The fraction of sp³-hybridized carbons (Fsp3) is 0.750. The lowest BCUT2D eigenvalue weighted by molar-refractivity contribution is -0.104. The second-order valence-electron chi connectivity index (χ2n) is 2.75. The highest BCUT2D eigenvalue weighted by molar-refractivity contribution is 4.93. The van der Waals surface area contributed by atoms with Crippen molar-refractivity contribution in [2.75, 3.05) is 6.61 Å². The number of hydrogen-bond donors (Lipinski definition) is 5. The van der Waals surface area contributed by atoms with Crippen molar-refractivity contribution in [1.29, 1.82) is 0 Å². The first-order valence-electron chi connectivity index (χ1n) is 4.00. The van der Waals surface area contributed by atoms with Gasteiger partial charge in [0.25, 0.3) is 0 Å². The normalized spacial score (nSPS) is 21.4. The van der Waals surface area contributed by atoms with E-state index in [2.05, 4.69) is 0 Å². The highest BCUT2D eigenvalue weighted by atomic mass is 16.4. The topological polar surface area (TPSA) is 101 Å². The third-order valence-electron chi connectivity index (χ3n) is 1.67. The first-order chi connectivity index (χ1) is 6.04. The van der Waals surface area contributed by atoms with Crippen LogP contribution in [0.15, 0.2) is 12.2 Å². The zero-order valence-electron chi connectivity index (χ0n) is 7.41. The Kier molecular flexibility index (Phi) is 5.85. The molecule has 0 unspecified atom stereocenters. The van der Waals surface area contributed by atoms with Crippen LogP contribution in [0.25, 0.3) is 0 Å². The maximum atomic E-state index is 9.20.